The molecule has 14 heavy (non-hydrogen) atoms. The molecular formula is C11H17NO2. The predicted octanol–water partition coefficient (Wildman–Crippen LogP) is 2.34. The summed E-state index contributed by atoms with van der Waals surface area (Å²) in [5, 5.41) is 9.16. The second-order valence-corrected chi connectivity index (χ2v) is 5.39. The lowest BCUT2D eigenvalue weighted by molar-refractivity contribution is 0.0639. The van der Waals surface area contributed by atoms with Crippen LogP contribution in [-0.4, -0.2) is 28.2 Å². The van der Waals surface area contributed by atoms with E-state index in [-0.39, 0.29) is 11.0 Å². The van der Waals surface area contributed by atoms with E-state index in [9.17, 15) is 4.79 Å². The van der Waals surface area contributed by atoms with Gasteiger partial charge in [-0.3, -0.25) is 4.90 Å². The molecule has 3 nitrogen and oxygen atoms in total. The van der Waals surface area contributed by atoms with Crippen molar-refractivity contribution in [3.8, 4) is 0 Å². The van der Waals surface area contributed by atoms with Crippen LogP contribution in [-0.2, 0) is 0 Å². The van der Waals surface area contributed by atoms with E-state index in [1.807, 2.05) is 0 Å². The lowest BCUT2D eigenvalue weighted by Gasteiger charge is -2.44. The van der Waals surface area contributed by atoms with Gasteiger partial charge >= 0.3 is 6.09 Å². The normalized spacial score (nSPS) is 35.4. The Morgan fingerprint density at radius 3 is 2.57 bits per heavy atom. The molecule has 0 spiro atoms. The summed E-state index contributed by atoms with van der Waals surface area (Å²) in [6.07, 6.45) is 4.44. The minimum Gasteiger partial charge on any atom is -0.465 e. The first-order chi connectivity index (χ1) is 6.37. The Hall–Kier alpha value is -0.990. The molecular weight excluding hydrogens is 178 g/mol. The molecule has 0 saturated carbocycles. The number of fused-ring (bicyclic) bond motifs is 2. The molecule has 0 radical (unpaired) electrons. The summed E-state index contributed by atoms with van der Waals surface area (Å²) in [5.74, 6) is 0.435. The molecule has 2 atom stereocenters. The second-order valence-electron chi connectivity index (χ2n) is 5.39. The van der Waals surface area contributed by atoms with Gasteiger partial charge in [-0.2, -0.15) is 0 Å². The van der Waals surface area contributed by atoms with Crippen molar-refractivity contribution in [3.05, 3.63) is 12.2 Å². The molecule has 1 saturated heterocycles. The molecule has 78 valence electrons. The highest BCUT2D eigenvalue weighted by Gasteiger charge is 2.55. The van der Waals surface area contributed by atoms with Crippen molar-refractivity contribution in [1.82, 2.24) is 4.90 Å². The molecule has 1 aliphatic carbocycles. The quantitative estimate of drug-likeness (QED) is 0.603. The molecule has 0 aromatic rings. The number of hydrogen-bond donors (Lipinski definition) is 1. The van der Waals surface area contributed by atoms with Crippen LogP contribution in [0.15, 0.2) is 12.2 Å². The zero-order valence-corrected chi connectivity index (χ0v) is 8.95. The van der Waals surface area contributed by atoms with Crippen molar-refractivity contribution in [2.75, 3.05) is 6.54 Å². The highest BCUT2D eigenvalue weighted by atomic mass is 16.4. The maximum absolute atomic E-state index is 11.1. The van der Waals surface area contributed by atoms with Crippen LogP contribution in [0.25, 0.3) is 0 Å². The van der Waals surface area contributed by atoms with E-state index in [0.29, 0.717) is 12.5 Å². The highest BCUT2D eigenvalue weighted by molar-refractivity contribution is 5.68. The molecule has 1 amide bonds. The van der Waals surface area contributed by atoms with Crippen molar-refractivity contribution >= 4 is 6.09 Å². The first-order valence-electron chi connectivity index (χ1n) is 5.07. The van der Waals surface area contributed by atoms with Crippen LogP contribution < -0.4 is 0 Å². The van der Waals surface area contributed by atoms with Crippen molar-refractivity contribution in [1.29, 1.82) is 0 Å². The van der Waals surface area contributed by atoms with E-state index < -0.39 is 6.09 Å². The third-order valence-corrected chi connectivity index (χ3v) is 3.65. The molecule has 2 aliphatic rings. The van der Waals surface area contributed by atoms with Crippen molar-refractivity contribution in [3.63, 3.8) is 0 Å². The fraction of sp³-hybridized carbons (Fsp3) is 0.727. The predicted molar refractivity (Wildman–Crippen MR) is 54.2 cm³/mol. The first kappa shape index (κ1) is 9.56. The van der Waals surface area contributed by atoms with Crippen molar-refractivity contribution < 1.29 is 9.90 Å². The number of likely N-dealkylation sites (tertiary alicyclic amines) is 1. The second kappa shape index (κ2) is 2.53. The van der Waals surface area contributed by atoms with Gasteiger partial charge in [0, 0.05) is 6.54 Å². The zero-order valence-electron chi connectivity index (χ0n) is 8.95. The number of amides is 1. The lowest BCUT2D eigenvalue weighted by atomic mass is 9.73. The van der Waals surface area contributed by atoms with Gasteiger partial charge in [-0.05, 0) is 17.8 Å². The van der Waals surface area contributed by atoms with Gasteiger partial charge in [0.15, 0.2) is 0 Å². The smallest absolute Gasteiger partial charge is 0.408 e. The van der Waals surface area contributed by atoms with Gasteiger partial charge in [-0.25, -0.2) is 4.79 Å². The van der Waals surface area contributed by atoms with E-state index in [1.54, 1.807) is 4.90 Å². The summed E-state index contributed by atoms with van der Waals surface area (Å²) in [4.78, 5) is 12.7. The molecule has 3 heteroatoms. The third-order valence-electron chi connectivity index (χ3n) is 3.65. The van der Waals surface area contributed by atoms with Crippen LogP contribution in [0, 0.1) is 11.3 Å². The molecule has 0 aromatic carbocycles. The van der Waals surface area contributed by atoms with E-state index in [1.165, 1.54) is 0 Å². The standard InChI is InChI=1S/C11H17NO2/c1-10(2,3)11-5-4-8(6-11)7-12(11)9(13)14/h4-5,8H,6-7H2,1-3H3,(H,13,14)/t8-,11+/m1/s1. The SMILES string of the molecule is CC(C)(C)[C@@]12C=C[C@@H](CN1C(=O)O)C2. The number of rotatable bonds is 0. The monoisotopic (exact) mass is 195 g/mol. The Balaban J connectivity index is 2.41. The summed E-state index contributed by atoms with van der Waals surface area (Å²) in [7, 11) is 0. The average molecular weight is 195 g/mol. The van der Waals surface area contributed by atoms with Crippen LogP contribution in [0.4, 0.5) is 4.79 Å². The molecule has 1 heterocycles. The summed E-state index contributed by atoms with van der Waals surface area (Å²) >= 11 is 0. The Morgan fingerprint density at radius 1 is 1.57 bits per heavy atom. The van der Waals surface area contributed by atoms with Gasteiger partial charge in [-0.15, -0.1) is 0 Å². The summed E-state index contributed by atoms with van der Waals surface area (Å²) < 4.78 is 0. The van der Waals surface area contributed by atoms with E-state index in [2.05, 4.69) is 32.9 Å². The maximum atomic E-state index is 11.1. The van der Waals surface area contributed by atoms with Gasteiger partial charge in [0.05, 0.1) is 5.54 Å². The van der Waals surface area contributed by atoms with E-state index >= 15 is 0 Å². The van der Waals surface area contributed by atoms with Gasteiger partial charge < -0.3 is 5.11 Å². The minimum absolute atomic E-state index is 0.0207. The number of nitrogens with zero attached hydrogens (tertiary/aromatic N) is 1. The fourth-order valence-corrected chi connectivity index (χ4v) is 2.76. The number of carboxylic acid groups (broad SMARTS) is 1. The van der Waals surface area contributed by atoms with Gasteiger partial charge in [0.2, 0.25) is 0 Å². The van der Waals surface area contributed by atoms with Gasteiger partial charge in [-0.1, -0.05) is 32.9 Å². The molecule has 1 fully saturated rings. The van der Waals surface area contributed by atoms with Crippen molar-refractivity contribution in [2.24, 2.45) is 11.3 Å². The van der Waals surface area contributed by atoms with Gasteiger partial charge in [0.1, 0.15) is 0 Å². The Labute approximate surface area is 84.4 Å². The zero-order chi connectivity index (χ0) is 10.6. The van der Waals surface area contributed by atoms with Crippen LogP contribution in [0.5, 0.6) is 0 Å². The molecule has 0 unspecified atom stereocenters. The minimum atomic E-state index is -0.785. The van der Waals surface area contributed by atoms with Crippen LogP contribution in [0.1, 0.15) is 27.2 Å². The summed E-state index contributed by atoms with van der Waals surface area (Å²) in [6, 6.07) is 0. The third kappa shape index (κ3) is 1.01. The Bertz CT molecular complexity index is 303. The first-order valence-corrected chi connectivity index (χ1v) is 5.07. The highest BCUT2D eigenvalue weighted by Crippen LogP contribution is 2.51. The number of hydrogen-bond acceptors (Lipinski definition) is 1. The van der Waals surface area contributed by atoms with Crippen LogP contribution in [0.3, 0.4) is 0 Å². The largest absolute Gasteiger partial charge is 0.465 e. The molecule has 1 N–H and O–H groups in total. The maximum Gasteiger partial charge on any atom is 0.408 e. The molecule has 2 rings (SSSR count). The summed E-state index contributed by atoms with van der Waals surface area (Å²) in [6.45, 7) is 7.01. The van der Waals surface area contributed by atoms with Gasteiger partial charge in [0.25, 0.3) is 0 Å². The van der Waals surface area contributed by atoms with Crippen molar-refractivity contribution in [2.45, 2.75) is 32.7 Å². The lowest BCUT2D eigenvalue weighted by Crippen LogP contribution is -2.53. The summed E-state index contributed by atoms with van der Waals surface area (Å²) in [5.41, 5.74) is -0.281. The Morgan fingerprint density at radius 2 is 2.21 bits per heavy atom. The molecule has 2 bridgehead atoms. The van der Waals surface area contributed by atoms with Crippen LogP contribution in [0.2, 0.25) is 0 Å². The topological polar surface area (TPSA) is 40.5 Å². The molecule has 0 aromatic heterocycles. The van der Waals surface area contributed by atoms with E-state index in [0.717, 1.165) is 6.42 Å². The van der Waals surface area contributed by atoms with Crippen LogP contribution >= 0.6 is 0 Å². The van der Waals surface area contributed by atoms with E-state index in [4.69, 9.17) is 5.11 Å². The molecule has 1 aliphatic heterocycles. The average Bonchev–Trinajstić information content (AvgIpc) is 2.58. The fourth-order valence-electron chi connectivity index (χ4n) is 2.76. The number of carbonyl (C=O) groups is 1. The Kier molecular flexibility index (Phi) is 1.72.